The average molecular weight is 241 g/mol. The van der Waals surface area contributed by atoms with Crippen LogP contribution in [0.15, 0.2) is 24.3 Å². The van der Waals surface area contributed by atoms with Crippen molar-refractivity contribution in [3.8, 4) is 0 Å². The van der Waals surface area contributed by atoms with E-state index in [1.807, 2.05) is 12.1 Å². The number of nitrogens with two attached hydrogens (primary N) is 1. The van der Waals surface area contributed by atoms with Crippen LogP contribution in [0.3, 0.4) is 0 Å². The summed E-state index contributed by atoms with van der Waals surface area (Å²) >= 11 is 5.82. The van der Waals surface area contributed by atoms with Crippen LogP contribution in [-0.4, -0.2) is 19.1 Å². The van der Waals surface area contributed by atoms with E-state index in [-0.39, 0.29) is 6.04 Å². The van der Waals surface area contributed by atoms with E-state index in [9.17, 15) is 0 Å². The highest BCUT2D eigenvalue weighted by molar-refractivity contribution is 6.30. The van der Waals surface area contributed by atoms with E-state index < -0.39 is 0 Å². The van der Waals surface area contributed by atoms with Gasteiger partial charge in [-0.2, -0.15) is 0 Å². The minimum Gasteiger partial charge on any atom is -0.326 e. The second-order valence-corrected chi connectivity index (χ2v) is 4.92. The molecule has 1 aromatic carbocycles. The molecule has 0 aromatic heterocycles. The van der Waals surface area contributed by atoms with Gasteiger partial charge in [-0.25, -0.2) is 0 Å². The molecule has 0 aliphatic heterocycles. The molecule has 0 radical (unpaired) electrons. The third-order valence-corrected chi connectivity index (χ3v) is 2.99. The molecule has 3 heteroatoms. The molecule has 3 N–H and O–H groups in total. The van der Waals surface area contributed by atoms with Crippen LogP contribution in [0.4, 0.5) is 0 Å². The molecule has 0 saturated carbocycles. The molecule has 0 aliphatic carbocycles. The Kier molecular flexibility index (Phi) is 5.81. The first-order valence-electron chi connectivity index (χ1n) is 5.80. The lowest BCUT2D eigenvalue weighted by Crippen LogP contribution is -2.38. The summed E-state index contributed by atoms with van der Waals surface area (Å²) in [6.45, 7) is 6.13. The van der Waals surface area contributed by atoms with Crippen molar-refractivity contribution >= 4 is 11.6 Å². The largest absolute Gasteiger partial charge is 0.326 e. The third kappa shape index (κ3) is 4.97. The highest BCUT2D eigenvalue weighted by atomic mass is 35.5. The van der Waals surface area contributed by atoms with Gasteiger partial charge < -0.3 is 11.1 Å². The lowest BCUT2D eigenvalue weighted by Gasteiger charge is -2.16. The molecule has 1 rings (SSSR count). The first-order valence-corrected chi connectivity index (χ1v) is 6.18. The molecule has 1 atom stereocenters. The van der Waals surface area contributed by atoms with Gasteiger partial charge in [0, 0.05) is 17.6 Å². The molecule has 1 unspecified atom stereocenters. The Hall–Kier alpha value is -0.570. The van der Waals surface area contributed by atoms with Crippen molar-refractivity contribution in [1.29, 1.82) is 0 Å². The molecule has 0 amide bonds. The predicted octanol–water partition coefficient (Wildman–Crippen LogP) is 2.46. The van der Waals surface area contributed by atoms with E-state index in [4.69, 9.17) is 17.3 Å². The maximum Gasteiger partial charge on any atom is 0.0406 e. The second-order valence-electron chi connectivity index (χ2n) is 4.49. The van der Waals surface area contributed by atoms with Crippen LogP contribution in [0.5, 0.6) is 0 Å². The zero-order valence-corrected chi connectivity index (χ0v) is 10.8. The number of halogens is 1. The van der Waals surface area contributed by atoms with E-state index >= 15 is 0 Å². The number of nitrogens with one attached hydrogen (secondary N) is 1. The Bertz CT molecular complexity index is 295. The van der Waals surface area contributed by atoms with E-state index in [1.165, 1.54) is 5.56 Å². The lowest BCUT2D eigenvalue weighted by molar-refractivity contribution is 0.460. The molecule has 0 bridgehead atoms. The SMILES string of the molecule is CC(C)C(N)CNCCc1ccc(Cl)cc1. The van der Waals surface area contributed by atoms with Crippen LogP contribution >= 0.6 is 11.6 Å². The zero-order chi connectivity index (χ0) is 12.0. The molecule has 0 spiro atoms. The van der Waals surface area contributed by atoms with Crippen molar-refractivity contribution in [2.75, 3.05) is 13.1 Å². The van der Waals surface area contributed by atoms with E-state index in [0.717, 1.165) is 24.5 Å². The molecule has 1 aromatic rings. The minimum absolute atomic E-state index is 0.241. The molecule has 0 saturated heterocycles. The maximum absolute atomic E-state index is 5.94. The van der Waals surface area contributed by atoms with Gasteiger partial charge in [0.15, 0.2) is 0 Å². The molecule has 0 aliphatic rings. The monoisotopic (exact) mass is 240 g/mol. The number of rotatable bonds is 6. The summed E-state index contributed by atoms with van der Waals surface area (Å²) in [6.07, 6.45) is 1.02. The second kappa shape index (κ2) is 6.89. The van der Waals surface area contributed by atoms with Crippen LogP contribution in [0, 0.1) is 5.92 Å². The van der Waals surface area contributed by atoms with Gasteiger partial charge in [-0.3, -0.25) is 0 Å². The Morgan fingerprint density at radius 1 is 1.25 bits per heavy atom. The summed E-state index contributed by atoms with van der Waals surface area (Å²) in [6, 6.07) is 8.22. The van der Waals surface area contributed by atoms with Gasteiger partial charge in [-0.1, -0.05) is 37.6 Å². The Morgan fingerprint density at radius 3 is 2.44 bits per heavy atom. The third-order valence-electron chi connectivity index (χ3n) is 2.74. The van der Waals surface area contributed by atoms with Gasteiger partial charge in [0.2, 0.25) is 0 Å². The van der Waals surface area contributed by atoms with Crippen LogP contribution in [0.25, 0.3) is 0 Å². The Morgan fingerprint density at radius 2 is 1.88 bits per heavy atom. The molecular formula is C13H21ClN2. The fraction of sp³-hybridized carbons (Fsp3) is 0.538. The van der Waals surface area contributed by atoms with Crippen molar-refractivity contribution in [1.82, 2.24) is 5.32 Å². The van der Waals surface area contributed by atoms with Crippen molar-refractivity contribution in [3.05, 3.63) is 34.9 Å². The van der Waals surface area contributed by atoms with Crippen LogP contribution < -0.4 is 11.1 Å². The van der Waals surface area contributed by atoms with E-state index in [0.29, 0.717) is 5.92 Å². The quantitative estimate of drug-likeness (QED) is 0.750. The highest BCUT2D eigenvalue weighted by Gasteiger charge is 2.05. The minimum atomic E-state index is 0.241. The highest BCUT2D eigenvalue weighted by Crippen LogP contribution is 2.09. The van der Waals surface area contributed by atoms with Gasteiger partial charge in [0.25, 0.3) is 0 Å². The summed E-state index contributed by atoms with van der Waals surface area (Å²) in [4.78, 5) is 0. The van der Waals surface area contributed by atoms with E-state index in [1.54, 1.807) is 0 Å². The summed E-state index contributed by atoms with van der Waals surface area (Å²) in [5.41, 5.74) is 7.24. The Labute approximate surface area is 103 Å². The smallest absolute Gasteiger partial charge is 0.0406 e. The molecule has 16 heavy (non-hydrogen) atoms. The fourth-order valence-electron chi connectivity index (χ4n) is 1.39. The van der Waals surface area contributed by atoms with Crippen LogP contribution in [-0.2, 0) is 6.42 Å². The van der Waals surface area contributed by atoms with Crippen molar-refractivity contribution in [2.24, 2.45) is 11.7 Å². The summed E-state index contributed by atoms with van der Waals surface area (Å²) < 4.78 is 0. The van der Waals surface area contributed by atoms with Gasteiger partial charge in [-0.05, 0) is 36.6 Å². The van der Waals surface area contributed by atoms with Gasteiger partial charge >= 0.3 is 0 Å². The lowest BCUT2D eigenvalue weighted by atomic mass is 10.1. The predicted molar refractivity (Wildman–Crippen MR) is 70.8 cm³/mol. The van der Waals surface area contributed by atoms with Crippen LogP contribution in [0.1, 0.15) is 19.4 Å². The van der Waals surface area contributed by atoms with Crippen molar-refractivity contribution in [2.45, 2.75) is 26.3 Å². The molecule has 90 valence electrons. The summed E-state index contributed by atoms with van der Waals surface area (Å²) in [5.74, 6) is 0.531. The summed E-state index contributed by atoms with van der Waals surface area (Å²) in [7, 11) is 0. The topological polar surface area (TPSA) is 38.0 Å². The first-order chi connectivity index (χ1) is 7.59. The maximum atomic E-state index is 5.94. The van der Waals surface area contributed by atoms with E-state index in [2.05, 4.69) is 31.3 Å². The average Bonchev–Trinajstić information content (AvgIpc) is 2.26. The summed E-state index contributed by atoms with van der Waals surface area (Å²) in [5, 5.41) is 4.16. The van der Waals surface area contributed by atoms with Crippen molar-refractivity contribution in [3.63, 3.8) is 0 Å². The van der Waals surface area contributed by atoms with Gasteiger partial charge in [0.05, 0.1) is 0 Å². The van der Waals surface area contributed by atoms with Gasteiger partial charge in [-0.15, -0.1) is 0 Å². The zero-order valence-electron chi connectivity index (χ0n) is 10.0. The molecule has 2 nitrogen and oxygen atoms in total. The number of hydrogen-bond donors (Lipinski definition) is 2. The Balaban J connectivity index is 2.18. The number of hydrogen-bond acceptors (Lipinski definition) is 2. The standard InChI is InChI=1S/C13H21ClN2/c1-10(2)13(15)9-16-8-7-11-3-5-12(14)6-4-11/h3-6,10,13,16H,7-9,15H2,1-2H3. The fourth-order valence-corrected chi connectivity index (χ4v) is 1.51. The molecule has 0 heterocycles. The normalized spacial score (nSPS) is 13.1. The first kappa shape index (κ1) is 13.5. The van der Waals surface area contributed by atoms with Crippen molar-refractivity contribution < 1.29 is 0 Å². The number of benzene rings is 1. The molecule has 0 fully saturated rings. The van der Waals surface area contributed by atoms with Crippen LogP contribution in [0.2, 0.25) is 5.02 Å². The van der Waals surface area contributed by atoms with Gasteiger partial charge in [0.1, 0.15) is 0 Å². The molecular weight excluding hydrogens is 220 g/mol.